The molecule has 1 saturated heterocycles. The summed E-state index contributed by atoms with van der Waals surface area (Å²) in [5, 5.41) is 18.7. The van der Waals surface area contributed by atoms with Gasteiger partial charge in [-0.2, -0.15) is 0 Å². The fourth-order valence-electron chi connectivity index (χ4n) is 2.13. The van der Waals surface area contributed by atoms with Crippen LogP contribution in [-0.2, 0) is 4.74 Å². The molecule has 0 amide bonds. The smallest absolute Gasteiger partial charge is 0.330 e. The lowest BCUT2D eigenvalue weighted by atomic mass is 10.1. The lowest BCUT2D eigenvalue weighted by Gasteiger charge is -2.16. The van der Waals surface area contributed by atoms with E-state index in [1.807, 2.05) is 0 Å². The monoisotopic (exact) mass is 283 g/mol. The first-order valence-corrected chi connectivity index (χ1v) is 6.15. The molecular weight excluding hydrogens is 266 g/mol. The number of nitrogens with two attached hydrogens (primary N) is 1. The number of nitrogens with one attached hydrogen (secondary N) is 1. The van der Waals surface area contributed by atoms with E-state index in [0.717, 1.165) is 4.57 Å². The van der Waals surface area contributed by atoms with Gasteiger partial charge in [-0.1, -0.05) is 6.08 Å². The zero-order chi connectivity index (χ0) is 14.9. The predicted octanol–water partition coefficient (Wildman–Crippen LogP) is -1.64. The highest BCUT2D eigenvalue weighted by atomic mass is 16.5. The van der Waals surface area contributed by atoms with Crippen molar-refractivity contribution < 1.29 is 14.9 Å². The molecule has 110 valence electrons. The van der Waals surface area contributed by atoms with Gasteiger partial charge >= 0.3 is 5.69 Å². The van der Waals surface area contributed by atoms with E-state index in [1.54, 1.807) is 0 Å². The van der Waals surface area contributed by atoms with Gasteiger partial charge in [0, 0.05) is 12.6 Å². The van der Waals surface area contributed by atoms with Gasteiger partial charge in [0.15, 0.2) is 0 Å². The van der Waals surface area contributed by atoms with Crippen molar-refractivity contribution in [3.63, 3.8) is 0 Å². The van der Waals surface area contributed by atoms with E-state index in [-0.39, 0.29) is 18.6 Å². The Labute approximate surface area is 114 Å². The van der Waals surface area contributed by atoms with Crippen molar-refractivity contribution >= 4 is 0 Å². The number of hydrogen-bond acceptors (Lipinski definition) is 6. The molecule has 0 bridgehead atoms. The second kappa shape index (κ2) is 5.71. The van der Waals surface area contributed by atoms with Crippen LogP contribution in [0.5, 0.6) is 0 Å². The number of H-pyrrole nitrogens is 1. The summed E-state index contributed by atoms with van der Waals surface area (Å²) in [6.45, 7) is 3.14. The van der Waals surface area contributed by atoms with Crippen molar-refractivity contribution in [2.24, 2.45) is 5.73 Å². The molecule has 1 aliphatic heterocycles. The number of aromatic amines is 1. The number of hydrogen-bond donors (Lipinski definition) is 4. The normalized spacial score (nSPS) is 27.4. The second-order valence-electron chi connectivity index (χ2n) is 4.63. The summed E-state index contributed by atoms with van der Waals surface area (Å²) in [4.78, 5) is 25.6. The van der Waals surface area contributed by atoms with E-state index in [0.29, 0.717) is 0 Å². The molecular formula is C12H17N3O5. The van der Waals surface area contributed by atoms with Crippen LogP contribution in [-0.4, -0.2) is 38.6 Å². The molecule has 0 aliphatic carbocycles. The number of aliphatic hydroxyl groups excluding tert-OH is 2. The molecule has 20 heavy (non-hydrogen) atoms. The molecule has 5 N–H and O–H groups in total. The molecule has 0 saturated carbocycles. The Morgan fingerprint density at radius 2 is 2.35 bits per heavy atom. The first-order chi connectivity index (χ1) is 9.47. The van der Waals surface area contributed by atoms with Crippen LogP contribution in [0.4, 0.5) is 0 Å². The maximum Gasteiger partial charge on any atom is 0.330 e. The lowest BCUT2D eigenvalue weighted by Crippen LogP contribution is -2.36. The van der Waals surface area contributed by atoms with Gasteiger partial charge in [0.2, 0.25) is 0 Å². The van der Waals surface area contributed by atoms with Gasteiger partial charge in [0.1, 0.15) is 12.3 Å². The quantitative estimate of drug-likeness (QED) is 0.490. The SMILES string of the molecule is C=CC(N)c1cn([C@H]2C[C@H](O)[C@@H](CO)O2)c(=O)[nH]c1=O. The number of nitrogens with zero attached hydrogens (tertiary/aromatic N) is 1. The summed E-state index contributed by atoms with van der Waals surface area (Å²) in [6, 6.07) is -0.717. The summed E-state index contributed by atoms with van der Waals surface area (Å²) in [5.74, 6) is 0. The molecule has 8 heteroatoms. The Kier molecular flexibility index (Phi) is 4.19. The van der Waals surface area contributed by atoms with Crippen LogP contribution in [0.25, 0.3) is 0 Å². The maximum absolute atomic E-state index is 11.8. The molecule has 2 heterocycles. The fourth-order valence-corrected chi connectivity index (χ4v) is 2.13. The van der Waals surface area contributed by atoms with Gasteiger partial charge in [-0.15, -0.1) is 6.58 Å². The Morgan fingerprint density at radius 1 is 1.65 bits per heavy atom. The molecule has 1 unspecified atom stereocenters. The average Bonchev–Trinajstić information content (AvgIpc) is 2.79. The van der Waals surface area contributed by atoms with Crippen molar-refractivity contribution in [1.29, 1.82) is 0 Å². The average molecular weight is 283 g/mol. The van der Waals surface area contributed by atoms with Crippen molar-refractivity contribution in [2.45, 2.75) is 30.9 Å². The number of aliphatic hydroxyl groups is 2. The molecule has 8 nitrogen and oxygen atoms in total. The Morgan fingerprint density at radius 3 is 2.90 bits per heavy atom. The molecule has 1 fully saturated rings. The summed E-state index contributed by atoms with van der Waals surface area (Å²) >= 11 is 0. The summed E-state index contributed by atoms with van der Waals surface area (Å²) < 4.78 is 6.52. The first kappa shape index (κ1) is 14.7. The third-order valence-electron chi connectivity index (χ3n) is 3.30. The summed E-state index contributed by atoms with van der Waals surface area (Å²) in [7, 11) is 0. The van der Waals surface area contributed by atoms with Gasteiger partial charge in [0.25, 0.3) is 5.56 Å². The first-order valence-electron chi connectivity index (χ1n) is 6.15. The van der Waals surface area contributed by atoms with Crippen LogP contribution in [0.2, 0.25) is 0 Å². The number of ether oxygens (including phenoxy) is 1. The molecule has 2 rings (SSSR count). The van der Waals surface area contributed by atoms with Gasteiger partial charge in [-0.25, -0.2) is 4.79 Å². The predicted molar refractivity (Wildman–Crippen MR) is 70.1 cm³/mol. The van der Waals surface area contributed by atoms with Crippen LogP contribution < -0.4 is 17.0 Å². The molecule has 1 aromatic heterocycles. The van der Waals surface area contributed by atoms with E-state index >= 15 is 0 Å². The Hall–Kier alpha value is -1.74. The molecule has 1 aliphatic rings. The standard InChI is InChI=1S/C12H17N3O5/c1-2-7(13)6-4-15(12(19)14-11(6)18)10-3-8(17)9(5-16)20-10/h2,4,7-10,16-17H,1,3,5,13H2,(H,14,18,19)/t7?,8-,9+,10+/m0/s1. The van der Waals surface area contributed by atoms with Crippen LogP contribution in [0.3, 0.4) is 0 Å². The highest BCUT2D eigenvalue weighted by Gasteiger charge is 2.35. The number of aromatic nitrogens is 2. The molecule has 0 spiro atoms. The lowest BCUT2D eigenvalue weighted by molar-refractivity contribution is -0.0460. The zero-order valence-corrected chi connectivity index (χ0v) is 10.7. The van der Waals surface area contributed by atoms with Gasteiger partial charge in [-0.3, -0.25) is 14.3 Å². The highest BCUT2D eigenvalue weighted by molar-refractivity contribution is 5.15. The second-order valence-corrected chi connectivity index (χ2v) is 4.63. The maximum atomic E-state index is 11.8. The third-order valence-corrected chi connectivity index (χ3v) is 3.30. The Bertz CT molecular complexity index is 608. The minimum Gasteiger partial charge on any atom is -0.394 e. The topological polar surface area (TPSA) is 131 Å². The van der Waals surface area contributed by atoms with E-state index in [2.05, 4.69) is 11.6 Å². The van der Waals surface area contributed by atoms with Crippen LogP contribution in [0.1, 0.15) is 24.3 Å². The van der Waals surface area contributed by atoms with Gasteiger partial charge in [0.05, 0.1) is 24.3 Å². The molecule has 4 atom stereocenters. The van der Waals surface area contributed by atoms with Crippen molar-refractivity contribution in [3.05, 3.63) is 45.3 Å². The highest BCUT2D eigenvalue weighted by Crippen LogP contribution is 2.27. The summed E-state index contributed by atoms with van der Waals surface area (Å²) in [5.41, 5.74) is 4.63. The molecule has 0 radical (unpaired) electrons. The molecule has 0 aromatic carbocycles. The van der Waals surface area contributed by atoms with E-state index in [9.17, 15) is 14.7 Å². The van der Waals surface area contributed by atoms with Crippen LogP contribution >= 0.6 is 0 Å². The van der Waals surface area contributed by atoms with Crippen molar-refractivity contribution in [1.82, 2.24) is 9.55 Å². The zero-order valence-electron chi connectivity index (χ0n) is 10.7. The Balaban J connectivity index is 2.40. The molecule has 1 aromatic rings. The van der Waals surface area contributed by atoms with Gasteiger partial charge in [-0.05, 0) is 0 Å². The van der Waals surface area contributed by atoms with Crippen molar-refractivity contribution in [3.8, 4) is 0 Å². The van der Waals surface area contributed by atoms with E-state index in [1.165, 1.54) is 12.3 Å². The fraction of sp³-hybridized carbons (Fsp3) is 0.500. The van der Waals surface area contributed by atoms with E-state index in [4.69, 9.17) is 15.6 Å². The van der Waals surface area contributed by atoms with Crippen LogP contribution in [0, 0.1) is 0 Å². The van der Waals surface area contributed by atoms with Crippen LogP contribution in [0.15, 0.2) is 28.4 Å². The minimum absolute atomic E-state index is 0.139. The number of rotatable bonds is 4. The van der Waals surface area contributed by atoms with Crippen molar-refractivity contribution in [2.75, 3.05) is 6.61 Å². The summed E-state index contributed by atoms with van der Waals surface area (Å²) in [6.07, 6.45) is 0.420. The van der Waals surface area contributed by atoms with Gasteiger partial charge < -0.3 is 20.7 Å². The largest absolute Gasteiger partial charge is 0.394 e. The third kappa shape index (κ3) is 2.59. The minimum atomic E-state index is -0.875. The van der Waals surface area contributed by atoms with E-state index < -0.39 is 35.7 Å².